The zero-order valence-corrected chi connectivity index (χ0v) is 13.3. The van der Waals surface area contributed by atoms with Gasteiger partial charge < -0.3 is 15.5 Å². The normalized spacial score (nSPS) is 34.8. The average molecular weight is 281 g/mol. The molecule has 0 spiro atoms. The molecule has 0 aromatic carbocycles. The van der Waals surface area contributed by atoms with Gasteiger partial charge >= 0.3 is 0 Å². The second-order valence-electron chi connectivity index (χ2n) is 7.14. The molecular weight excluding hydrogens is 250 g/mol. The van der Waals surface area contributed by atoms with E-state index < -0.39 is 0 Å². The third-order valence-corrected chi connectivity index (χ3v) is 5.18. The van der Waals surface area contributed by atoms with Gasteiger partial charge in [-0.1, -0.05) is 19.8 Å². The molecule has 4 atom stereocenters. The number of rotatable bonds is 4. The molecule has 0 radical (unpaired) electrons. The Hall–Kier alpha value is -0.610. The first-order valence-electron chi connectivity index (χ1n) is 8.17. The fraction of sp³-hybridized carbons (Fsp3) is 0.938. The Balaban J connectivity index is 1.75. The van der Waals surface area contributed by atoms with Crippen LogP contribution < -0.4 is 5.73 Å². The quantitative estimate of drug-likeness (QED) is 0.853. The summed E-state index contributed by atoms with van der Waals surface area (Å²) >= 11 is 0. The van der Waals surface area contributed by atoms with Crippen molar-refractivity contribution in [1.82, 2.24) is 9.80 Å². The summed E-state index contributed by atoms with van der Waals surface area (Å²) in [5.41, 5.74) is 6.02. The molecule has 4 heteroatoms. The van der Waals surface area contributed by atoms with Gasteiger partial charge in [-0.3, -0.25) is 4.79 Å². The van der Waals surface area contributed by atoms with Crippen molar-refractivity contribution >= 4 is 5.91 Å². The van der Waals surface area contributed by atoms with Gasteiger partial charge in [-0.2, -0.15) is 0 Å². The van der Waals surface area contributed by atoms with Crippen molar-refractivity contribution in [3.8, 4) is 0 Å². The van der Waals surface area contributed by atoms with Crippen LogP contribution in [0, 0.1) is 11.8 Å². The van der Waals surface area contributed by atoms with E-state index in [9.17, 15) is 4.79 Å². The molecule has 1 saturated heterocycles. The lowest BCUT2D eigenvalue weighted by molar-refractivity contribution is -0.130. The molecule has 4 unspecified atom stereocenters. The average Bonchev–Trinajstić information content (AvgIpc) is 2.78. The van der Waals surface area contributed by atoms with Gasteiger partial charge in [0, 0.05) is 31.6 Å². The Morgan fingerprint density at radius 1 is 1.30 bits per heavy atom. The number of likely N-dealkylation sites (tertiary alicyclic amines) is 1. The predicted molar refractivity (Wildman–Crippen MR) is 82.4 cm³/mol. The van der Waals surface area contributed by atoms with E-state index in [1.54, 1.807) is 0 Å². The molecule has 1 amide bonds. The smallest absolute Gasteiger partial charge is 0.222 e. The molecule has 1 aliphatic heterocycles. The van der Waals surface area contributed by atoms with Crippen LogP contribution in [0.1, 0.15) is 45.4 Å². The summed E-state index contributed by atoms with van der Waals surface area (Å²) in [6.45, 7) is 4.07. The number of likely N-dealkylation sites (N-methyl/N-ethyl adjacent to an activating group) is 1. The molecule has 2 rings (SSSR count). The SMILES string of the molecule is CC1CN(C(=O)CCC2CCCC(N)C2)CC1N(C)C. The standard InChI is InChI=1S/C16H31N3O/c1-12-10-19(11-15(12)18(2)3)16(20)8-7-13-5-4-6-14(17)9-13/h12-15H,4-11,17H2,1-3H3. The minimum atomic E-state index is 0.348. The third kappa shape index (κ3) is 3.95. The van der Waals surface area contributed by atoms with Crippen molar-refractivity contribution in [3.05, 3.63) is 0 Å². The van der Waals surface area contributed by atoms with Crippen LogP contribution in [0.15, 0.2) is 0 Å². The van der Waals surface area contributed by atoms with E-state index in [1.807, 2.05) is 0 Å². The second-order valence-corrected chi connectivity index (χ2v) is 7.14. The lowest BCUT2D eigenvalue weighted by Gasteiger charge is -2.27. The van der Waals surface area contributed by atoms with Crippen LogP contribution >= 0.6 is 0 Å². The van der Waals surface area contributed by atoms with Crippen molar-refractivity contribution in [2.45, 2.75) is 57.5 Å². The van der Waals surface area contributed by atoms with Gasteiger partial charge in [-0.15, -0.1) is 0 Å². The summed E-state index contributed by atoms with van der Waals surface area (Å²) in [6.07, 6.45) is 6.53. The zero-order chi connectivity index (χ0) is 14.7. The maximum Gasteiger partial charge on any atom is 0.222 e. The molecule has 1 saturated carbocycles. The third-order valence-electron chi connectivity index (χ3n) is 5.18. The number of hydrogen-bond acceptors (Lipinski definition) is 3. The van der Waals surface area contributed by atoms with E-state index in [2.05, 4.69) is 30.8 Å². The number of nitrogens with two attached hydrogens (primary N) is 1. The predicted octanol–water partition coefficient (Wildman–Crippen LogP) is 1.69. The highest BCUT2D eigenvalue weighted by molar-refractivity contribution is 5.76. The molecule has 4 nitrogen and oxygen atoms in total. The summed E-state index contributed by atoms with van der Waals surface area (Å²) in [7, 11) is 4.22. The van der Waals surface area contributed by atoms with Crippen LogP contribution in [0.3, 0.4) is 0 Å². The topological polar surface area (TPSA) is 49.6 Å². The van der Waals surface area contributed by atoms with Crippen LogP contribution in [0.5, 0.6) is 0 Å². The summed E-state index contributed by atoms with van der Waals surface area (Å²) in [6, 6.07) is 0.885. The van der Waals surface area contributed by atoms with Crippen molar-refractivity contribution in [1.29, 1.82) is 0 Å². The van der Waals surface area contributed by atoms with E-state index in [4.69, 9.17) is 5.73 Å². The summed E-state index contributed by atoms with van der Waals surface area (Å²) in [4.78, 5) is 16.7. The highest BCUT2D eigenvalue weighted by Gasteiger charge is 2.33. The maximum absolute atomic E-state index is 12.4. The molecule has 20 heavy (non-hydrogen) atoms. The maximum atomic E-state index is 12.4. The number of nitrogens with zero attached hydrogens (tertiary/aromatic N) is 2. The second kappa shape index (κ2) is 6.90. The number of hydrogen-bond donors (Lipinski definition) is 1. The molecule has 1 heterocycles. The van der Waals surface area contributed by atoms with Gasteiger partial charge in [0.25, 0.3) is 0 Å². The van der Waals surface area contributed by atoms with E-state index in [-0.39, 0.29) is 0 Å². The van der Waals surface area contributed by atoms with Crippen LogP contribution in [0.4, 0.5) is 0 Å². The van der Waals surface area contributed by atoms with E-state index >= 15 is 0 Å². The number of amides is 1. The Morgan fingerprint density at radius 2 is 2.05 bits per heavy atom. The fourth-order valence-corrected chi connectivity index (χ4v) is 3.91. The van der Waals surface area contributed by atoms with Gasteiger partial charge in [0.05, 0.1) is 0 Å². The summed E-state index contributed by atoms with van der Waals surface area (Å²) < 4.78 is 0. The highest BCUT2D eigenvalue weighted by atomic mass is 16.2. The van der Waals surface area contributed by atoms with Gasteiger partial charge in [-0.05, 0) is 45.2 Å². The Morgan fingerprint density at radius 3 is 2.65 bits per heavy atom. The lowest BCUT2D eigenvalue weighted by Crippen LogP contribution is -2.36. The fourth-order valence-electron chi connectivity index (χ4n) is 3.91. The molecule has 2 fully saturated rings. The Bertz CT molecular complexity index is 332. The van der Waals surface area contributed by atoms with E-state index in [1.165, 1.54) is 19.3 Å². The first-order valence-corrected chi connectivity index (χ1v) is 8.17. The molecule has 0 aromatic rings. The molecule has 2 N–H and O–H groups in total. The van der Waals surface area contributed by atoms with Crippen molar-refractivity contribution in [2.75, 3.05) is 27.2 Å². The highest BCUT2D eigenvalue weighted by Crippen LogP contribution is 2.28. The largest absolute Gasteiger partial charge is 0.341 e. The van der Waals surface area contributed by atoms with Gasteiger partial charge in [-0.25, -0.2) is 0 Å². The molecular formula is C16H31N3O. The first-order chi connectivity index (χ1) is 9.47. The van der Waals surface area contributed by atoms with Crippen molar-refractivity contribution in [3.63, 3.8) is 0 Å². The monoisotopic (exact) mass is 281 g/mol. The van der Waals surface area contributed by atoms with Gasteiger partial charge in [0.1, 0.15) is 0 Å². The van der Waals surface area contributed by atoms with E-state index in [0.29, 0.717) is 36.2 Å². The Labute approximate surface area is 123 Å². The minimum absolute atomic E-state index is 0.348. The van der Waals surface area contributed by atoms with Crippen LogP contribution in [-0.4, -0.2) is 55.0 Å². The van der Waals surface area contributed by atoms with E-state index in [0.717, 1.165) is 25.9 Å². The van der Waals surface area contributed by atoms with Crippen molar-refractivity contribution in [2.24, 2.45) is 17.6 Å². The zero-order valence-electron chi connectivity index (χ0n) is 13.3. The van der Waals surface area contributed by atoms with Crippen LogP contribution in [0.25, 0.3) is 0 Å². The van der Waals surface area contributed by atoms with Gasteiger partial charge in [0.2, 0.25) is 5.91 Å². The Kier molecular flexibility index (Phi) is 5.44. The van der Waals surface area contributed by atoms with Crippen LogP contribution in [-0.2, 0) is 4.79 Å². The number of carbonyl (C=O) groups excluding carboxylic acids is 1. The van der Waals surface area contributed by atoms with Crippen molar-refractivity contribution < 1.29 is 4.79 Å². The molecule has 0 bridgehead atoms. The molecule has 0 aromatic heterocycles. The first kappa shape index (κ1) is 15.8. The summed E-state index contributed by atoms with van der Waals surface area (Å²) in [5.74, 6) is 1.60. The summed E-state index contributed by atoms with van der Waals surface area (Å²) in [5, 5.41) is 0. The molecule has 116 valence electrons. The molecule has 2 aliphatic rings. The molecule has 1 aliphatic carbocycles. The number of carbonyl (C=O) groups is 1. The lowest BCUT2D eigenvalue weighted by atomic mass is 9.83. The van der Waals surface area contributed by atoms with Gasteiger partial charge in [0.15, 0.2) is 0 Å². The van der Waals surface area contributed by atoms with Crippen LogP contribution in [0.2, 0.25) is 0 Å². The minimum Gasteiger partial charge on any atom is -0.341 e.